The van der Waals surface area contributed by atoms with Crippen LogP contribution in [0.3, 0.4) is 0 Å². The zero-order chi connectivity index (χ0) is 21.7. The van der Waals surface area contributed by atoms with E-state index in [2.05, 4.69) is 4.72 Å². The molecule has 0 atom stereocenters. The Morgan fingerprint density at radius 2 is 1.80 bits per heavy atom. The SMILES string of the molecule is Cc1cc(S(=O)(=O)Nc2ccccc2C(=O)OCC(=O)N2CCCCC2)ccc1F. The van der Waals surface area contributed by atoms with Gasteiger partial charge in [-0.05, 0) is 62.1 Å². The highest BCUT2D eigenvalue weighted by molar-refractivity contribution is 7.92. The first-order chi connectivity index (χ1) is 14.3. The van der Waals surface area contributed by atoms with Gasteiger partial charge >= 0.3 is 5.97 Å². The third kappa shape index (κ3) is 5.15. The second-order valence-electron chi connectivity index (χ2n) is 7.08. The Bertz CT molecular complexity index is 1050. The maximum Gasteiger partial charge on any atom is 0.340 e. The first kappa shape index (κ1) is 21.8. The van der Waals surface area contributed by atoms with Crippen LogP contribution in [0.4, 0.5) is 10.1 Å². The van der Waals surface area contributed by atoms with Gasteiger partial charge in [0.15, 0.2) is 6.61 Å². The minimum atomic E-state index is -4.06. The van der Waals surface area contributed by atoms with Gasteiger partial charge in [0.1, 0.15) is 5.82 Å². The van der Waals surface area contributed by atoms with E-state index in [4.69, 9.17) is 4.74 Å². The predicted octanol–water partition coefficient (Wildman–Crippen LogP) is 3.10. The quantitative estimate of drug-likeness (QED) is 0.706. The largest absolute Gasteiger partial charge is 0.452 e. The van der Waals surface area contributed by atoms with E-state index in [9.17, 15) is 22.4 Å². The van der Waals surface area contributed by atoms with Gasteiger partial charge < -0.3 is 9.64 Å². The van der Waals surface area contributed by atoms with Crippen molar-refractivity contribution < 1.29 is 27.1 Å². The van der Waals surface area contributed by atoms with Crippen molar-refractivity contribution in [2.45, 2.75) is 31.1 Å². The molecule has 2 aromatic carbocycles. The van der Waals surface area contributed by atoms with Crippen molar-refractivity contribution in [3.05, 3.63) is 59.4 Å². The molecule has 1 saturated heterocycles. The van der Waals surface area contributed by atoms with Gasteiger partial charge in [0.2, 0.25) is 0 Å². The maximum absolute atomic E-state index is 13.5. The number of hydrogen-bond acceptors (Lipinski definition) is 5. The number of anilines is 1. The fourth-order valence-corrected chi connectivity index (χ4v) is 4.34. The third-order valence-corrected chi connectivity index (χ3v) is 6.23. The number of carbonyl (C=O) groups is 2. The smallest absolute Gasteiger partial charge is 0.340 e. The molecule has 2 aromatic rings. The minimum Gasteiger partial charge on any atom is -0.452 e. The molecule has 1 amide bonds. The molecule has 0 radical (unpaired) electrons. The molecule has 1 N–H and O–H groups in total. The second kappa shape index (κ2) is 9.25. The van der Waals surface area contributed by atoms with Gasteiger partial charge in [-0.25, -0.2) is 17.6 Å². The standard InChI is InChI=1S/C21H23FN2O5S/c1-15-13-16(9-10-18(15)22)30(27,28)23-19-8-4-3-7-17(19)21(26)29-14-20(25)24-11-5-2-6-12-24/h3-4,7-10,13,23H,2,5-6,11-12,14H2,1H3. The fourth-order valence-electron chi connectivity index (χ4n) is 3.18. The number of para-hydroxylation sites is 1. The number of aryl methyl sites for hydroxylation is 1. The van der Waals surface area contributed by atoms with Crippen LogP contribution < -0.4 is 4.72 Å². The van der Waals surface area contributed by atoms with E-state index in [0.717, 1.165) is 31.4 Å². The van der Waals surface area contributed by atoms with E-state index in [1.165, 1.54) is 25.1 Å². The highest BCUT2D eigenvalue weighted by Crippen LogP contribution is 2.22. The van der Waals surface area contributed by atoms with Crippen molar-refractivity contribution in [1.29, 1.82) is 0 Å². The predicted molar refractivity (Wildman–Crippen MR) is 109 cm³/mol. The van der Waals surface area contributed by atoms with E-state index in [1.54, 1.807) is 17.0 Å². The first-order valence-corrected chi connectivity index (χ1v) is 11.1. The number of sulfonamides is 1. The lowest BCUT2D eigenvalue weighted by atomic mass is 10.1. The van der Waals surface area contributed by atoms with Crippen LogP contribution in [-0.2, 0) is 19.6 Å². The zero-order valence-corrected chi connectivity index (χ0v) is 17.4. The number of nitrogens with one attached hydrogen (secondary N) is 1. The maximum atomic E-state index is 13.5. The van der Waals surface area contributed by atoms with Crippen LogP contribution in [0, 0.1) is 12.7 Å². The minimum absolute atomic E-state index is 0.00917. The van der Waals surface area contributed by atoms with Crippen molar-refractivity contribution in [3.8, 4) is 0 Å². The van der Waals surface area contributed by atoms with Crippen LogP contribution in [0.25, 0.3) is 0 Å². The molecule has 1 aliphatic rings. The second-order valence-corrected chi connectivity index (χ2v) is 8.76. The number of benzene rings is 2. The number of likely N-dealkylation sites (tertiary alicyclic amines) is 1. The molecule has 30 heavy (non-hydrogen) atoms. The summed E-state index contributed by atoms with van der Waals surface area (Å²) >= 11 is 0. The molecule has 0 unspecified atom stereocenters. The van der Waals surface area contributed by atoms with Gasteiger partial charge in [0.25, 0.3) is 15.9 Å². The summed E-state index contributed by atoms with van der Waals surface area (Å²) < 4.78 is 46.3. The van der Waals surface area contributed by atoms with Gasteiger partial charge in [-0.15, -0.1) is 0 Å². The van der Waals surface area contributed by atoms with Crippen LogP contribution in [0.1, 0.15) is 35.2 Å². The molecular formula is C21H23FN2O5S. The lowest BCUT2D eigenvalue weighted by Gasteiger charge is -2.26. The van der Waals surface area contributed by atoms with E-state index in [0.29, 0.717) is 13.1 Å². The van der Waals surface area contributed by atoms with Gasteiger partial charge in [0.05, 0.1) is 16.1 Å². The van der Waals surface area contributed by atoms with Crippen LogP contribution >= 0.6 is 0 Å². The van der Waals surface area contributed by atoms with Crippen molar-refractivity contribution in [2.24, 2.45) is 0 Å². The van der Waals surface area contributed by atoms with Crippen LogP contribution in [0.2, 0.25) is 0 Å². The summed E-state index contributed by atoms with van der Waals surface area (Å²) in [5, 5.41) is 0. The molecule has 0 aliphatic carbocycles. The summed E-state index contributed by atoms with van der Waals surface area (Å²) in [6, 6.07) is 9.35. The zero-order valence-electron chi connectivity index (χ0n) is 16.6. The monoisotopic (exact) mass is 434 g/mol. The van der Waals surface area contributed by atoms with Gasteiger partial charge in [-0.1, -0.05) is 12.1 Å². The van der Waals surface area contributed by atoms with E-state index in [1.807, 2.05) is 0 Å². The summed E-state index contributed by atoms with van der Waals surface area (Å²) in [7, 11) is -4.06. The van der Waals surface area contributed by atoms with E-state index >= 15 is 0 Å². The summed E-state index contributed by atoms with van der Waals surface area (Å²) in [6.07, 6.45) is 2.92. The number of piperidine rings is 1. The molecular weight excluding hydrogens is 411 g/mol. The van der Waals surface area contributed by atoms with Crippen LogP contribution in [-0.4, -0.2) is 44.9 Å². The average molecular weight is 434 g/mol. The number of hydrogen-bond donors (Lipinski definition) is 1. The average Bonchev–Trinajstić information content (AvgIpc) is 2.74. The van der Waals surface area contributed by atoms with Crippen molar-refractivity contribution >= 4 is 27.6 Å². The van der Waals surface area contributed by atoms with Gasteiger partial charge in [-0.2, -0.15) is 0 Å². The Hall–Kier alpha value is -2.94. The molecule has 160 valence electrons. The highest BCUT2D eigenvalue weighted by Gasteiger charge is 2.22. The number of esters is 1. The van der Waals surface area contributed by atoms with Gasteiger partial charge in [0, 0.05) is 13.1 Å². The Morgan fingerprint density at radius 1 is 1.10 bits per heavy atom. The number of rotatable bonds is 6. The van der Waals surface area contributed by atoms with Crippen molar-refractivity contribution in [2.75, 3.05) is 24.4 Å². The summed E-state index contributed by atoms with van der Waals surface area (Å²) in [6.45, 7) is 2.34. The molecule has 0 aromatic heterocycles. The molecule has 3 rings (SSSR count). The highest BCUT2D eigenvalue weighted by atomic mass is 32.2. The Kier molecular flexibility index (Phi) is 6.71. The Labute approximate surface area is 174 Å². The lowest BCUT2D eigenvalue weighted by Crippen LogP contribution is -2.38. The van der Waals surface area contributed by atoms with Crippen molar-refractivity contribution in [3.63, 3.8) is 0 Å². The molecule has 0 saturated carbocycles. The molecule has 0 spiro atoms. The molecule has 1 heterocycles. The normalized spacial score (nSPS) is 14.3. The fraction of sp³-hybridized carbons (Fsp3) is 0.333. The molecule has 9 heteroatoms. The molecule has 1 fully saturated rings. The summed E-state index contributed by atoms with van der Waals surface area (Å²) in [5.74, 6) is -1.60. The van der Waals surface area contributed by atoms with Gasteiger partial charge in [-0.3, -0.25) is 9.52 Å². The molecule has 1 aliphatic heterocycles. The number of nitrogens with zero attached hydrogens (tertiary/aromatic N) is 1. The Balaban J connectivity index is 1.72. The topological polar surface area (TPSA) is 92.8 Å². The Morgan fingerprint density at radius 3 is 2.50 bits per heavy atom. The van der Waals surface area contributed by atoms with Crippen LogP contribution in [0.15, 0.2) is 47.4 Å². The molecule has 7 nitrogen and oxygen atoms in total. The third-order valence-electron chi connectivity index (χ3n) is 4.87. The summed E-state index contributed by atoms with van der Waals surface area (Å²) in [4.78, 5) is 26.2. The van der Waals surface area contributed by atoms with E-state index in [-0.39, 0.29) is 27.6 Å². The summed E-state index contributed by atoms with van der Waals surface area (Å²) in [5.41, 5.74) is 0.169. The number of ether oxygens (including phenoxy) is 1. The lowest BCUT2D eigenvalue weighted by molar-refractivity contribution is -0.135. The number of carbonyl (C=O) groups excluding carboxylic acids is 2. The molecule has 0 bridgehead atoms. The van der Waals surface area contributed by atoms with Crippen molar-refractivity contribution in [1.82, 2.24) is 4.90 Å². The number of halogens is 1. The first-order valence-electron chi connectivity index (χ1n) is 9.61. The van der Waals surface area contributed by atoms with Crippen LogP contribution in [0.5, 0.6) is 0 Å². The number of amides is 1. The van der Waals surface area contributed by atoms with E-state index < -0.39 is 28.4 Å².